The summed E-state index contributed by atoms with van der Waals surface area (Å²) in [5.74, 6) is 0.708. The number of nitro groups is 1. The molecule has 6 rings (SSSR count). The van der Waals surface area contributed by atoms with Gasteiger partial charge in [0, 0.05) is 55.1 Å². The van der Waals surface area contributed by atoms with Crippen LogP contribution in [-0.2, 0) is 0 Å². The van der Waals surface area contributed by atoms with Crippen molar-refractivity contribution >= 4 is 22.3 Å². The first kappa shape index (κ1) is 25.2. The molecular formula is C28H32N8O3. The van der Waals surface area contributed by atoms with E-state index in [0.717, 1.165) is 47.8 Å². The minimum absolute atomic E-state index is 0.0807. The van der Waals surface area contributed by atoms with Gasteiger partial charge in [0.25, 0.3) is 11.2 Å². The van der Waals surface area contributed by atoms with Crippen LogP contribution in [0.4, 0.5) is 11.4 Å². The van der Waals surface area contributed by atoms with Gasteiger partial charge in [-0.3, -0.25) is 19.8 Å². The number of tetrazole rings is 1. The molecule has 4 aromatic rings. The summed E-state index contributed by atoms with van der Waals surface area (Å²) >= 11 is 0. The molecule has 2 aromatic carbocycles. The van der Waals surface area contributed by atoms with E-state index in [2.05, 4.69) is 43.3 Å². The zero-order valence-corrected chi connectivity index (χ0v) is 22.2. The van der Waals surface area contributed by atoms with Gasteiger partial charge >= 0.3 is 0 Å². The fourth-order valence-electron chi connectivity index (χ4n) is 6.01. The number of hydrogen-bond acceptors (Lipinski definition) is 8. The second-order valence-electron chi connectivity index (χ2n) is 10.7. The van der Waals surface area contributed by atoms with Crippen LogP contribution < -0.4 is 10.5 Å². The van der Waals surface area contributed by atoms with Crippen LogP contribution in [0.1, 0.15) is 60.3 Å². The molecule has 11 nitrogen and oxygen atoms in total. The van der Waals surface area contributed by atoms with Gasteiger partial charge in [-0.25, -0.2) is 4.68 Å². The molecule has 1 atom stereocenters. The van der Waals surface area contributed by atoms with Crippen LogP contribution in [0.5, 0.6) is 0 Å². The van der Waals surface area contributed by atoms with Crippen molar-refractivity contribution in [3.63, 3.8) is 0 Å². The highest BCUT2D eigenvalue weighted by Crippen LogP contribution is 2.34. The van der Waals surface area contributed by atoms with E-state index < -0.39 is 6.04 Å². The molecule has 3 heterocycles. The molecule has 2 aromatic heterocycles. The molecule has 11 heteroatoms. The van der Waals surface area contributed by atoms with Gasteiger partial charge in [-0.05, 0) is 84.0 Å². The lowest BCUT2D eigenvalue weighted by Gasteiger charge is -2.39. The van der Waals surface area contributed by atoms with Crippen molar-refractivity contribution < 1.29 is 4.92 Å². The maximum absolute atomic E-state index is 13.6. The van der Waals surface area contributed by atoms with Crippen molar-refractivity contribution in [1.29, 1.82) is 0 Å². The Labute approximate surface area is 225 Å². The molecule has 1 N–H and O–H groups in total. The second kappa shape index (κ2) is 10.2. The van der Waals surface area contributed by atoms with Crippen molar-refractivity contribution in [2.24, 2.45) is 0 Å². The predicted octanol–water partition coefficient (Wildman–Crippen LogP) is 4.07. The van der Waals surface area contributed by atoms with Gasteiger partial charge in [-0.15, -0.1) is 5.10 Å². The highest BCUT2D eigenvalue weighted by Gasteiger charge is 2.35. The molecule has 1 aliphatic heterocycles. The minimum atomic E-state index is -0.394. The predicted molar refractivity (Wildman–Crippen MR) is 148 cm³/mol. The Kier molecular flexibility index (Phi) is 6.59. The molecule has 39 heavy (non-hydrogen) atoms. The maximum Gasteiger partial charge on any atom is 0.269 e. The number of H-pyrrole nitrogens is 1. The van der Waals surface area contributed by atoms with Crippen LogP contribution in [0.2, 0.25) is 0 Å². The van der Waals surface area contributed by atoms with Crippen molar-refractivity contribution in [2.75, 3.05) is 31.1 Å². The van der Waals surface area contributed by atoms with E-state index in [-0.39, 0.29) is 22.2 Å². The summed E-state index contributed by atoms with van der Waals surface area (Å²) in [7, 11) is 0. The van der Waals surface area contributed by atoms with Gasteiger partial charge in [-0.1, -0.05) is 12.8 Å². The number of fused-ring (bicyclic) bond motifs is 1. The van der Waals surface area contributed by atoms with Crippen LogP contribution in [0, 0.1) is 24.0 Å². The Bertz CT molecular complexity index is 1560. The highest BCUT2D eigenvalue weighted by atomic mass is 16.6. The van der Waals surface area contributed by atoms with Gasteiger partial charge in [0.15, 0.2) is 5.82 Å². The van der Waals surface area contributed by atoms with E-state index in [1.165, 1.54) is 5.56 Å². The monoisotopic (exact) mass is 528 g/mol. The maximum atomic E-state index is 13.6. The lowest BCUT2D eigenvalue weighted by molar-refractivity contribution is -0.384. The number of piperazine rings is 1. The lowest BCUT2D eigenvalue weighted by atomic mass is 10.00. The standard InChI is InChI=1S/C28H32N8O3/c1-18-15-20-17-24(28(37)29-25(20)16-19(18)2)26(27-30-31-32-35(27)22-5-3-4-6-22)34-13-11-33(12-14-34)21-7-9-23(10-8-21)36(38)39/h7-10,15-17,22,26H,3-6,11-14H2,1-2H3,(H,29,37)/t26-/m0/s1. The second-order valence-corrected chi connectivity index (χ2v) is 10.7. The molecule has 202 valence electrons. The third-order valence-corrected chi connectivity index (χ3v) is 8.32. The number of nitro benzene ring substituents is 1. The Morgan fingerprint density at radius 1 is 1.00 bits per heavy atom. The number of anilines is 1. The summed E-state index contributed by atoms with van der Waals surface area (Å²) in [6, 6.07) is 12.7. The molecule has 1 saturated heterocycles. The Hall–Kier alpha value is -4.12. The van der Waals surface area contributed by atoms with Gasteiger partial charge in [0.1, 0.15) is 6.04 Å². The third-order valence-electron chi connectivity index (χ3n) is 8.32. The zero-order chi connectivity index (χ0) is 27.1. The topological polar surface area (TPSA) is 126 Å². The average Bonchev–Trinajstić information content (AvgIpc) is 3.63. The number of nitrogens with one attached hydrogen (secondary N) is 1. The van der Waals surface area contributed by atoms with Crippen LogP contribution in [0.25, 0.3) is 10.9 Å². The van der Waals surface area contributed by atoms with Gasteiger partial charge in [-0.2, -0.15) is 0 Å². The number of aromatic amines is 1. The fraction of sp³-hybridized carbons (Fsp3) is 0.429. The number of pyridine rings is 1. The Morgan fingerprint density at radius 2 is 1.69 bits per heavy atom. The van der Waals surface area contributed by atoms with Gasteiger partial charge in [0.2, 0.25) is 0 Å². The lowest BCUT2D eigenvalue weighted by Crippen LogP contribution is -2.49. The largest absolute Gasteiger partial charge is 0.369 e. The molecule has 0 bridgehead atoms. The molecule has 0 amide bonds. The normalized spacial score (nSPS) is 17.6. The van der Waals surface area contributed by atoms with E-state index in [4.69, 9.17) is 0 Å². The summed E-state index contributed by atoms with van der Waals surface area (Å²) in [5.41, 5.74) is 4.67. The number of aryl methyl sites for hydroxylation is 2. The smallest absolute Gasteiger partial charge is 0.269 e. The fourth-order valence-corrected chi connectivity index (χ4v) is 6.01. The van der Waals surface area contributed by atoms with Gasteiger partial charge < -0.3 is 9.88 Å². The number of non-ortho nitro benzene ring substituents is 1. The average molecular weight is 529 g/mol. The Balaban J connectivity index is 1.36. The minimum Gasteiger partial charge on any atom is -0.369 e. The molecule has 1 saturated carbocycles. The molecule has 1 aliphatic carbocycles. The van der Waals surface area contributed by atoms with Crippen molar-refractivity contribution in [3.8, 4) is 0 Å². The summed E-state index contributed by atoms with van der Waals surface area (Å²) in [4.78, 5) is 31.9. The van der Waals surface area contributed by atoms with Crippen LogP contribution >= 0.6 is 0 Å². The molecule has 0 spiro atoms. The first-order chi connectivity index (χ1) is 18.9. The van der Waals surface area contributed by atoms with E-state index in [1.54, 1.807) is 24.3 Å². The molecule has 2 aliphatic rings. The quantitative estimate of drug-likeness (QED) is 0.293. The number of hydrogen-bond donors (Lipinski definition) is 1. The van der Waals surface area contributed by atoms with Crippen LogP contribution in [-0.4, -0.2) is 61.2 Å². The molecule has 0 radical (unpaired) electrons. The number of benzene rings is 2. The highest BCUT2D eigenvalue weighted by molar-refractivity contribution is 5.81. The summed E-state index contributed by atoms with van der Waals surface area (Å²) in [6.07, 6.45) is 4.37. The summed E-state index contributed by atoms with van der Waals surface area (Å²) < 4.78 is 1.95. The zero-order valence-electron chi connectivity index (χ0n) is 22.2. The van der Waals surface area contributed by atoms with Crippen molar-refractivity contribution in [3.05, 3.63) is 85.4 Å². The van der Waals surface area contributed by atoms with Crippen LogP contribution in [0.15, 0.2) is 47.3 Å². The van der Waals surface area contributed by atoms with Crippen LogP contribution in [0.3, 0.4) is 0 Å². The van der Waals surface area contributed by atoms with E-state index in [9.17, 15) is 14.9 Å². The Morgan fingerprint density at radius 3 is 2.38 bits per heavy atom. The third kappa shape index (κ3) is 4.78. The molecular weight excluding hydrogens is 496 g/mol. The SMILES string of the molecule is Cc1cc2cc([C@@H](c3nnnn3C3CCCC3)N3CCN(c4ccc([N+](=O)[O-])cc4)CC3)c(=O)[nH]c2cc1C. The van der Waals surface area contributed by atoms with E-state index in [1.807, 2.05) is 23.7 Å². The van der Waals surface area contributed by atoms with E-state index in [0.29, 0.717) is 37.6 Å². The summed E-state index contributed by atoms with van der Waals surface area (Å²) in [6.45, 7) is 6.92. The number of aromatic nitrogens is 5. The first-order valence-electron chi connectivity index (χ1n) is 13.5. The summed E-state index contributed by atoms with van der Waals surface area (Å²) in [5, 5.41) is 25.0. The molecule has 0 unspecified atom stereocenters. The van der Waals surface area contributed by atoms with E-state index >= 15 is 0 Å². The number of nitrogens with zero attached hydrogens (tertiary/aromatic N) is 7. The first-order valence-corrected chi connectivity index (χ1v) is 13.5. The number of rotatable bonds is 6. The van der Waals surface area contributed by atoms with Crippen molar-refractivity contribution in [1.82, 2.24) is 30.1 Å². The van der Waals surface area contributed by atoms with Crippen molar-refractivity contribution in [2.45, 2.75) is 51.6 Å². The molecule has 2 fully saturated rings. The van der Waals surface area contributed by atoms with Gasteiger partial charge in [0.05, 0.1) is 11.0 Å².